The van der Waals surface area contributed by atoms with Gasteiger partial charge in [0.1, 0.15) is 12.4 Å². The van der Waals surface area contributed by atoms with Crippen LogP contribution >= 0.6 is 0 Å². The monoisotopic (exact) mass is 256 g/mol. The molecule has 3 nitrogen and oxygen atoms in total. The molecule has 1 heterocycles. The van der Waals surface area contributed by atoms with Crippen molar-refractivity contribution in [3.05, 3.63) is 52.3 Å². The number of hydrogen-bond acceptors (Lipinski definition) is 3. The third kappa shape index (κ3) is 2.87. The molecular weight excluding hydrogens is 236 g/mol. The fourth-order valence-electron chi connectivity index (χ4n) is 1.95. The van der Waals surface area contributed by atoms with E-state index in [4.69, 9.17) is 10.5 Å². The van der Waals surface area contributed by atoms with Gasteiger partial charge in [0.25, 0.3) is 0 Å². The Morgan fingerprint density at radius 1 is 1.11 bits per heavy atom. The smallest absolute Gasteiger partial charge is 0.131 e. The van der Waals surface area contributed by atoms with Gasteiger partial charge in [-0.15, -0.1) is 0 Å². The Hall–Kier alpha value is -2.03. The lowest BCUT2D eigenvalue weighted by molar-refractivity contribution is 0.298. The Morgan fingerprint density at radius 3 is 2.58 bits per heavy atom. The Balaban J connectivity index is 2.19. The molecule has 1 aromatic heterocycles. The van der Waals surface area contributed by atoms with Crippen molar-refractivity contribution in [3.8, 4) is 5.75 Å². The van der Waals surface area contributed by atoms with Crippen LogP contribution in [0.5, 0.6) is 5.75 Å². The van der Waals surface area contributed by atoms with Gasteiger partial charge < -0.3 is 10.5 Å². The first-order valence-corrected chi connectivity index (χ1v) is 6.39. The Morgan fingerprint density at radius 2 is 1.84 bits per heavy atom. The molecule has 2 aromatic rings. The number of ether oxygens (including phenoxy) is 1. The van der Waals surface area contributed by atoms with Crippen LogP contribution in [0.1, 0.15) is 27.9 Å². The minimum atomic E-state index is 0.445. The third-order valence-corrected chi connectivity index (χ3v) is 3.38. The highest BCUT2D eigenvalue weighted by atomic mass is 16.5. The van der Waals surface area contributed by atoms with Crippen LogP contribution in [0.2, 0.25) is 0 Å². The summed E-state index contributed by atoms with van der Waals surface area (Å²) in [5, 5.41) is 0. The zero-order valence-corrected chi connectivity index (χ0v) is 11.9. The van der Waals surface area contributed by atoms with E-state index >= 15 is 0 Å². The second kappa shape index (κ2) is 5.31. The molecule has 0 radical (unpaired) electrons. The Bertz CT molecular complexity index is 606. The number of nitrogens with two attached hydrogens (primary N) is 1. The number of aromatic nitrogens is 1. The normalized spacial score (nSPS) is 10.5. The largest absolute Gasteiger partial charge is 0.487 e. The van der Waals surface area contributed by atoms with E-state index in [-0.39, 0.29) is 0 Å². The summed E-state index contributed by atoms with van der Waals surface area (Å²) in [7, 11) is 0. The molecule has 0 aliphatic rings. The summed E-state index contributed by atoms with van der Waals surface area (Å²) in [6.45, 7) is 8.49. The van der Waals surface area contributed by atoms with E-state index in [1.165, 1.54) is 5.56 Å². The van der Waals surface area contributed by atoms with Crippen LogP contribution in [0, 0.1) is 27.7 Å². The van der Waals surface area contributed by atoms with Gasteiger partial charge in [0.15, 0.2) is 0 Å². The quantitative estimate of drug-likeness (QED) is 0.914. The number of aryl methyl sites for hydroxylation is 3. The summed E-state index contributed by atoms with van der Waals surface area (Å²) in [6.07, 6.45) is 1.80. The summed E-state index contributed by atoms with van der Waals surface area (Å²) in [5.74, 6) is 0.903. The van der Waals surface area contributed by atoms with Crippen LogP contribution in [0.3, 0.4) is 0 Å². The molecular formula is C16H20N2O. The van der Waals surface area contributed by atoms with Crippen molar-refractivity contribution in [1.82, 2.24) is 4.98 Å². The molecule has 1 aromatic carbocycles. The molecule has 3 heteroatoms. The summed E-state index contributed by atoms with van der Waals surface area (Å²) < 4.78 is 5.86. The van der Waals surface area contributed by atoms with Crippen LogP contribution in [0.25, 0.3) is 0 Å². The molecule has 0 fully saturated rings. The minimum absolute atomic E-state index is 0.445. The minimum Gasteiger partial charge on any atom is -0.487 e. The highest BCUT2D eigenvalue weighted by Crippen LogP contribution is 2.22. The zero-order chi connectivity index (χ0) is 14.0. The fraction of sp³-hybridized carbons (Fsp3) is 0.312. The third-order valence-electron chi connectivity index (χ3n) is 3.38. The summed E-state index contributed by atoms with van der Waals surface area (Å²) in [4.78, 5) is 4.40. The van der Waals surface area contributed by atoms with E-state index in [2.05, 4.69) is 24.0 Å². The second-order valence-corrected chi connectivity index (χ2v) is 4.98. The van der Waals surface area contributed by atoms with Crippen LogP contribution in [-0.4, -0.2) is 4.98 Å². The lowest BCUT2D eigenvalue weighted by Crippen LogP contribution is -2.05. The standard InChI is InChI=1S/C16H20N2O/c1-10-5-6-11(2)15(7-10)19-9-14-13(4)16(17)12(3)8-18-14/h5-8H,9H2,1-4H3,(H2,17,18). The van der Waals surface area contributed by atoms with E-state index in [9.17, 15) is 0 Å². The van der Waals surface area contributed by atoms with Gasteiger partial charge in [-0.2, -0.15) is 0 Å². The van der Waals surface area contributed by atoms with Crippen molar-refractivity contribution in [2.24, 2.45) is 0 Å². The van der Waals surface area contributed by atoms with Crippen LogP contribution in [0.4, 0.5) is 5.69 Å². The van der Waals surface area contributed by atoms with E-state index < -0.39 is 0 Å². The first-order chi connectivity index (χ1) is 8.99. The van der Waals surface area contributed by atoms with Gasteiger partial charge >= 0.3 is 0 Å². The summed E-state index contributed by atoms with van der Waals surface area (Å²) in [5.41, 5.74) is 12.0. The molecule has 0 aliphatic carbocycles. The van der Waals surface area contributed by atoms with Crippen LogP contribution in [0.15, 0.2) is 24.4 Å². The molecule has 0 atom stereocenters. The number of hydrogen-bond donors (Lipinski definition) is 1. The van der Waals surface area contributed by atoms with Gasteiger partial charge in [0, 0.05) is 11.9 Å². The maximum Gasteiger partial charge on any atom is 0.131 e. The maximum atomic E-state index is 6.01. The molecule has 100 valence electrons. The molecule has 2 N–H and O–H groups in total. The van der Waals surface area contributed by atoms with Gasteiger partial charge in [-0.05, 0) is 56.0 Å². The van der Waals surface area contributed by atoms with Crippen LogP contribution in [-0.2, 0) is 6.61 Å². The van der Waals surface area contributed by atoms with Crippen molar-refractivity contribution in [3.63, 3.8) is 0 Å². The topological polar surface area (TPSA) is 48.1 Å². The number of nitrogens with zero attached hydrogens (tertiary/aromatic N) is 1. The average Bonchev–Trinajstić information content (AvgIpc) is 2.39. The van der Waals surface area contributed by atoms with Crippen LogP contribution < -0.4 is 10.5 Å². The number of pyridine rings is 1. The average molecular weight is 256 g/mol. The number of nitrogen functional groups attached to an aromatic ring is 1. The molecule has 0 unspecified atom stereocenters. The number of benzene rings is 1. The van der Waals surface area contributed by atoms with Crippen molar-refractivity contribution in [2.75, 3.05) is 5.73 Å². The first-order valence-electron chi connectivity index (χ1n) is 6.39. The van der Waals surface area contributed by atoms with E-state index in [0.29, 0.717) is 6.61 Å². The molecule has 0 aliphatic heterocycles. The Labute approximate surface area is 114 Å². The lowest BCUT2D eigenvalue weighted by atomic mass is 10.1. The highest BCUT2D eigenvalue weighted by molar-refractivity contribution is 5.53. The molecule has 2 rings (SSSR count). The van der Waals surface area contributed by atoms with Crippen molar-refractivity contribution < 1.29 is 4.74 Å². The van der Waals surface area contributed by atoms with Gasteiger partial charge in [-0.1, -0.05) is 12.1 Å². The van der Waals surface area contributed by atoms with Gasteiger partial charge in [0.2, 0.25) is 0 Å². The zero-order valence-electron chi connectivity index (χ0n) is 11.9. The predicted octanol–water partition coefficient (Wildman–Crippen LogP) is 3.48. The maximum absolute atomic E-state index is 6.01. The predicted molar refractivity (Wildman–Crippen MR) is 78.4 cm³/mol. The van der Waals surface area contributed by atoms with Crippen molar-refractivity contribution in [1.29, 1.82) is 0 Å². The molecule has 0 amide bonds. The van der Waals surface area contributed by atoms with Gasteiger partial charge in [0.05, 0.1) is 5.69 Å². The van der Waals surface area contributed by atoms with Gasteiger partial charge in [-0.3, -0.25) is 4.98 Å². The summed E-state index contributed by atoms with van der Waals surface area (Å²) in [6, 6.07) is 6.19. The first kappa shape index (κ1) is 13.4. The van der Waals surface area contributed by atoms with Crippen molar-refractivity contribution in [2.45, 2.75) is 34.3 Å². The lowest BCUT2D eigenvalue weighted by Gasteiger charge is -2.13. The number of rotatable bonds is 3. The van der Waals surface area contributed by atoms with Gasteiger partial charge in [-0.25, -0.2) is 0 Å². The molecule has 0 saturated carbocycles. The van der Waals surface area contributed by atoms with E-state index in [1.807, 2.05) is 26.8 Å². The van der Waals surface area contributed by atoms with E-state index in [1.54, 1.807) is 6.20 Å². The molecule has 0 spiro atoms. The molecule has 19 heavy (non-hydrogen) atoms. The van der Waals surface area contributed by atoms with E-state index in [0.717, 1.165) is 33.8 Å². The summed E-state index contributed by atoms with van der Waals surface area (Å²) >= 11 is 0. The Kier molecular flexibility index (Phi) is 3.74. The highest BCUT2D eigenvalue weighted by Gasteiger charge is 2.08. The SMILES string of the molecule is Cc1ccc(C)c(OCc2ncc(C)c(N)c2C)c1. The number of anilines is 1. The van der Waals surface area contributed by atoms with Crippen molar-refractivity contribution >= 4 is 5.69 Å². The second-order valence-electron chi connectivity index (χ2n) is 4.98. The fourth-order valence-corrected chi connectivity index (χ4v) is 1.95. The molecule has 0 bridgehead atoms. The molecule has 0 saturated heterocycles.